The van der Waals surface area contributed by atoms with Crippen LogP contribution in [0.2, 0.25) is 0 Å². The number of unbranched alkanes of at least 4 members (excludes halogenated alkanes) is 9. The van der Waals surface area contributed by atoms with Gasteiger partial charge in [-0.05, 0) is 41.5 Å². The zero-order valence-corrected chi connectivity index (χ0v) is 25.3. The summed E-state index contributed by atoms with van der Waals surface area (Å²) in [5.41, 5.74) is 1.50. The summed E-state index contributed by atoms with van der Waals surface area (Å²) in [4.78, 5) is 0.296. The highest BCUT2D eigenvalue weighted by Crippen LogP contribution is 2.42. The van der Waals surface area contributed by atoms with Gasteiger partial charge in [-0.25, -0.2) is 8.42 Å². The molecule has 208 valence electrons. The van der Waals surface area contributed by atoms with Crippen molar-refractivity contribution in [2.45, 2.75) is 128 Å². The first-order valence-corrected chi connectivity index (χ1v) is 15.7. The molecule has 0 bridgehead atoms. The van der Waals surface area contributed by atoms with Crippen LogP contribution in [0.5, 0.6) is 5.75 Å². The zero-order valence-electron chi connectivity index (χ0n) is 24.4. The van der Waals surface area contributed by atoms with Crippen LogP contribution in [0, 0.1) is 0 Å². The summed E-state index contributed by atoms with van der Waals surface area (Å²) >= 11 is 0. The number of benzene rings is 2. The van der Waals surface area contributed by atoms with Crippen molar-refractivity contribution in [3.05, 3.63) is 53.6 Å². The van der Waals surface area contributed by atoms with E-state index in [0.717, 1.165) is 30.4 Å². The van der Waals surface area contributed by atoms with Crippen molar-refractivity contribution in [2.75, 3.05) is 10.8 Å². The smallest absolute Gasteiger partial charge is 0.264 e. The van der Waals surface area contributed by atoms with Gasteiger partial charge in [0.1, 0.15) is 5.75 Å². The lowest BCUT2D eigenvalue weighted by molar-refractivity contribution is 0.423. The molecule has 0 aliphatic heterocycles. The lowest BCUT2D eigenvalue weighted by Crippen LogP contribution is -2.33. The topological polar surface area (TPSA) is 57.6 Å². The summed E-state index contributed by atoms with van der Waals surface area (Å²) in [6.45, 7) is 15.0. The molecule has 4 nitrogen and oxygen atoms in total. The van der Waals surface area contributed by atoms with Crippen LogP contribution in [0.3, 0.4) is 0 Å². The third-order valence-electron chi connectivity index (χ3n) is 7.04. The number of phenolic OH excluding ortho intramolecular Hbond substituents is 1. The monoisotopic (exact) mass is 529 g/mol. The quantitative estimate of drug-likeness (QED) is 0.248. The van der Waals surface area contributed by atoms with E-state index in [1.54, 1.807) is 28.6 Å². The van der Waals surface area contributed by atoms with E-state index in [1.165, 1.54) is 44.9 Å². The zero-order chi connectivity index (χ0) is 27.7. The van der Waals surface area contributed by atoms with Gasteiger partial charge in [-0.2, -0.15) is 0 Å². The molecule has 37 heavy (non-hydrogen) atoms. The number of sulfonamides is 1. The maximum Gasteiger partial charge on any atom is 0.264 e. The summed E-state index contributed by atoms with van der Waals surface area (Å²) < 4.78 is 29.4. The van der Waals surface area contributed by atoms with Gasteiger partial charge in [-0.15, -0.1) is 0 Å². The first-order valence-electron chi connectivity index (χ1n) is 14.3. The second kappa shape index (κ2) is 13.7. The van der Waals surface area contributed by atoms with E-state index in [2.05, 4.69) is 48.5 Å². The second-order valence-corrected chi connectivity index (χ2v) is 14.3. The largest absolute Gasteiger partial charge is 0.507 e. The van der Waals surface area contributed by atoms with Crippen LogP contribution in [0.1, 0.15) is 124 Å². The highest BCUT2D eigenvalue weighted by molar-refractivity contribution is 7.92. The predicted octanol–water partition coefficient (Wildman–Crippen LogP) is 9.10. The Kier molecular flexibility index (Phi) is 11.5. The fraction of sp³-hybridized carbons (Fsp3) is 0.625. The van der Waals surface area contributed by atoms with Crippen LogP contribution in [0.15, 0.2) is 47.4 Å². The molecule has 0 heterocycles. The minimum atomic E-state index is -3.75. The van der Waals surface area contributed by atoms with Gasteiger partial charge in [-0.3, -0.25) is 4.31 Å². The Hall–Kier alpha value is -2.01. The minimum Gasteiger partial charge on any atom is -0.507 e. The van der Waals surface area contributed by atoms with E-state index >= 15 is 0 Å². The Morgan fingerprint density at radius 3 is 1.57 bits per heavy atom. The number of hydrogen-bond donors (Lipinski definition) is 1. The number of rotatable bonds is 14. The van der Waals surface area contributed by atoms with E-state index < -0.39 is 10.0 Å². The van der Waals surface area contributed by atoms with Gasteiger partial charge < -0.3 is 5.11 Å². The number of anilines is 1. The molecule has 0 spiro atoms. The van der Waals surface area contributed by atoms with Crippen molar-refractivity contribution in [3.63, 3.8) is 0 Å². The molecule has 0 aliphatic carbocycles. The lowest BCUT2D eigenvalue weighted by atomic mass is 9.79. The highest BCUT2D eigenvalue weighted by Gasteiger charge is 2.31. The number of phenols is 1. The maximum absolute atomic E-state index is 13.9. The van der Waals surface area contributed by atoms with Crippen LogP contribution in [0.4, 0.5) is 5.69 Å². The normalized spacial score (nSPS) is 12.6. The van der Waals surface area contributed by atoms with Crippen LogP contribution in [-0.2, 0) is 20.9 Å². The Morgan fingerprint density at radius 1 is 0.703 bits per heavy atom. The molecule has 2 aromatic rings. The Morgan fingerprint density at radius 2 is 1.14 bits per heavy atom. The molecular formula is C32H51NO3S. The summed E-state index contributed by atoms with van der Waals surface area (Å²) in [5, 5.41) is 11.2. The van der Waals surface area contributed by atoms with Crippen molar-refractivity contribution in [1.29, 1.82) is 0 Å². The molecule has 0 aromatic heterocycles. The van der Waals surface area contributed by atoms with Crippen molar-refractivity contribution in [2.24, 2.45) is 0 Å². The summed E-state index contributed by atoms with van der Waals surface area (Å²) in [6, 6.07) is 12.4. The fourth-order valence-corrected chi connectivity index (χ4v) is 6.27. The lowest BCUT2D eigenvalue weighted by Gasteiger charge is -2.31. The third kappa shape index (κ3) is 9.05. The molecule has 0 saturated carbocycles. The number of nitrogens with zero attached hydrogens (tertiary/aromatic N) is 1. The van der Waals surface area contributed by atoms with Crippen molar-refractivity contribution in [1.82, 2.24) is 0 Å². The molecule has 5 heteroatoms. The van der Waals surface area contributed by atoms with Gasteiger partial charge in [-0.1, -0.05) is 124 Å². The van der Waals surface area contributed by atoms with E-state index in [0.29, 0.717) is 17.1 Å². The van der Waals surface area contributed by atoms with Crippen molar-refractivity contribution in [3.8, 4) is 5.75 Å². The van der Waals surface area contributed by atoms with E-state index in [9.17, 15) is 13.5 Å². The molecule has 0 amide bonds. The van der Waals surface area contributed by atoms with Crippen LogP contribution >= 0.6 is 0 Å². The molecule has 0 aliphatic rings. The van der Waals surface area contributed by atoms with Gasteiger partial charge in [0.15, 0.2) is 0 Å². The average Bonchev–Trinajstić information content (AvgIpc) is 2.82. The predicted molar refractivity (Wildman–Crippen MR) is 158 cm³/mol. The van der Waals surface area contributed by atoms with Crippen LogP contribution in [-0.4, -0.2) is 20.1 Å². The second-order valence-electron chi connectivity index (χ2n) is 12.5. The summed E-state index contributed by atoms with van der Waals surface area (Å²) in [7, 11) is -3.75. The highest BCUT2D eigenvalue weighted by atomic mass is 32.2. The van der Waals surface area contributed by atoms with Crippen molar-refractivity contribution < 1.29 is 13.5 Å². The van der Waals surface area contributed by atoms with E-state index in [-0.39, 0.29) is 16.6 Å². The van der Waals surface area contributed by atoms with Gasteiger partial charge in [0.05, 0.1) is 10.6 Å². The Labute approximate surface area is 227 Å². The summed E-state index contributed by atoms with van der Waals surface area (Å²) in [6.07, 6.45) is 12.0. The molecule has 0 unspecified atom stereocenters. The first kappa shape index (κ1) is 31.2. The van der Waals surface area contributed by atoms with Gasteiger partial charge >= 0.3 is 0 Å². The SMILES string of the molecule is CCCCCCCCCCCCN(c1cc(C(C)(C)C)c(O)c(C(C)(C)C)c1)S(=O)(=O)c1ccccc1. The molecule has 2 aromatic carbocycles. The maximum atomic E-state index is 13.9. The molecule has 1 N–H and O–H groups in total. The molecule has 0 atom stereocenters. The molecule has 2 rings (SSSR count). The third-order valence-corrected chi connectivity index (χ3v) is 8.89. The molecule has 0 saturated heterocycles. The number of hydrogen-bond acceptors (Lipinski definition) is 3. The average molecular weight is 530 g/mol. The molecule has 0 fully saturated rings. The fourth-order valence-electron chi connectivity index (χ4n) is 4.76. The standard InChI is InChI=1S/C32H51NO3S/c1-8-9-10-11-12-13-14-15-16-20-23-33(37(35,36)27-21-18-17-19-22-27)26-24-28(31(2,3)4)30(34)29(25-26)32(5,6)7/h17-19,21-22,24-25,34H,8-16,20,23H2,1-7H3. The first-order chi connectivity index (χ1) is 17.3. The van der Waals surface area contributed by atoms with Crippen molar-refractivity contribution >= 4 is 15.7 Å². The molecular weight excluding hydrogens is 478 g/mol. The number of aromatic hydroxyl groups is 1. The van der Waals surface area contributed by atoms with Gasteiger partial charge in [0.25, 0.3) is 10.0 Å². The van der Waals surface area contributed by atoms with Crippen LogP contribution in [0.25, 0.3) is 0 Å². The van der Waals surface area contributed by atoms with Crippen LogP contribution < -0.4 is 4.31 Å². The van der Waals surface area contributed by atoms with E-state index in [4.69, 9.17) is 0 Å². The Bertz CT molecular complexity index is 1030. The summed E-state index contributed by atoms with van der Waals surface area (Å²) in [5.74, 6) is 0.264. The molecule has 0 radical (unpaired) electrons. The van der Waals surface area contributed by atoms with E-state index in [1.807, 2.05) is 18.2 Å². The Balaban J connectivity index is 2.31. The minimum absolute atomic E-state index is 0.264. The van der Waals surface area contributed by atoms with Gasteiger partial charge in [0, 0.05) is 17.7 Å². The van der Waals surface area contributed by atoms with Gasteiger partial charge in [0.2, 0.25) is 0 Å².